The van der Waals surface area contributed by atoms with E-state index in [1.165, 1.54) is 71.1 Å². The van der Waals surface area contributed by atoms with Crippen LogP contribution in [-0.4, -0.2) is 54.1 Å². The lowest BCUT2D eigenvalue weighted by atomic mass is 9.82. The second kappa shape index (κ2) is 5.71. The summed E-state index contributed by atoms with van der Waals surface area (Å²) in [6.45, 7) is 8.39. The van der Waals surface area contributed by atoms with Crippen LogP contribution in [0, 0.1) is 5.92 Å². The SMILES string of the molecule is CCC1CCCC1(CN)N1CCN2CCCCC2C1. The molecule has 3 rings (SSSR count). The van der Waals surface area contributed by atoms with Crippen LogP contribution in [0.1, 0.15) is 51.9 Å². The molecule has 1 saturated carbocycles. The summed E-state index contributed by atoms with van der Waals surface area (Å²) >= 11 is 0. The molecule has 0 aromatic heterocycles. The van der Waals surface area contributed by atoms with E-state index in [4.69, 9.17) is 5.73 Å². The van der Waals surface area contributed by atoms with Crippen LogP contribution in [0.2, 0.25) is 0 Å². The quantitative estimate of drug-likeness (QED) is 0.848. The number of piperidine rings is 1. The summed E-state index contributed by atoms with van der Waals surface area (Å²) in [5.41, 5.74) is 6.62. The Hall–Kier alpha value is -0.120. The van der Waals surface area contributed by atoms with Crippen LogP contribution in [0.25, 0.3) is 0 Å². The van der Waals surface area contributed by atoms with Gasteiger partial charge in [0, 0.05) is 37.8 Å². The molecule has 1 aliphatic carbocycles. The van der Waals surface area contributed by atoms with E-state index in [-0.39, 0.29) is 0 Å². The van der Waals surface area contributed by atoms with E-state index < -0.39 is 0 Å². The van der Waals surface area contributed by atoms with Crippen molar-refractivity contribution in [2.75, 3.05) is 32.7 Å². The van der Waals surface area contributed by atoms with Crippen molar-refractivity contribution < 1.29 is 0 Å². The molecule has 2 aliphatic heterocycles. The zero-order valence-electron chi connectivity index (χ0n) is 12.6. The predicted molar refractivity (Wildman–Crippen MR) is 80.2 cm³/mol. The molecule has 19 heavy (non-hydrogen) atoms. The number of piperazine rings is 1. The third kappa shape index (κ3) is 2.34. The third-order valence-electron chi connectivity index (χ3n) is 6.24. The zero-order chi connectivity index (χ0) is 13.3. The normalized spacial score (nSPS) is 41.4. The molecular weight excluding hydrogens is 234 g/mol. The second-order valence-electron chi connectivity index (χ2n) is 6.94. The highest BCUT2D eigenvalue weighted by atomic mass is 15.3. The Morgan fingerprint density at radius 2 is 2.00 bits per heavy atom. The fourth-order valence-electron chi connectivity index (χ4n) is 5.09. The zero-order valence-corrected chi connectivity index (χ0v) is 12.6. The lowest BCUT2D eigenvalue weighted by Crippen LogP contribution is -2.65. The fraction of sp³-hybridized carbons (Fsp3) is 1.00. The minimum absolute atomic E-state index is 0.346. The van der Waals surface area contributed by atoms with Gasteiger partial charge in [-0.05, 0) is 38.1 Å². The summed E-state index contributed by atoms with van der Waals surface area (Å²) in [5.74, 6) is 0.840. The molecule has 3 heteroatoms. The van der Waals surface area contributed by atoms with E-state index in [1.807, 2.05) is 0 Å². The van der Waals surface area contributed by atoms with E-state index in [9.17, 15) is 0 Å². The molecule has 0 aromatic carbocycles. The largest absolute Gasteiger partial charge is 0.329 e. The molecule has 0 spiro atoms. The lowest BCUT2D eigenvalue weighted by molar-refractivity contribution is -0.0277. The highest BCUT2D eigenvalue weighted by Gasteiger charge is 2.47. The van der Waals surface area contributed by atoms with Crippen LogP contribution in [-0.2, 0) is 0 Å². The summed E-state index contributed by atoms with van der Waals surface area (Å²) in [6, 6.07) is 0.823. The van der Waals surface area contributed by atoms with Crippen LogP contribution in [0.5, 0.6) is 0 Å². The van der Waals surface area contributed by atoms with Gasteiger partial charge < -0.3 is 5.73 Å². The van der Waals surface area contributed by atoms with E-state index in [0.717, 1.165) is 18.5 Å². The maximum Gasteiger partial charge on any atom is 0.0360 e. The molecular formula is C16H31N3. The number of hydrogen-bond acceptors (Lipinski definition) is 3. The Labute approximate surface area is 118 Å². The van der Waals surface area contributed by atoms with Crippen molar-refractivity contribution in [3.05, 3.63) is 0 Å². The molecule has 0 amide bonds. The van der Waals surface area contributed by atoms with Crippen molar-refractivity contribution in [3.8, 4) is 0 Å². The van der Waals surface area contributed by atoms with E-state index in [1.54, 1.807) is 0 Å². The highest BCUT2D eigenvalue weighted by molar-refractivity contribution is 5.04. The standard InChI is InChI=1S/C16H31N3/c1-2-14-6-5-8-16(14,13-17)19-11-10-18-9-4-3-7-15(18)12-19/h14-15H,2-13,17H2,1H3. The molecule has 3 aliphatic rings. The van der Waals surface area contributed by atoms with Gasteiger partial charge in [-0.2, -0.15) is 0 Å². The second-order valence-corrected chi connectivity index (χ2v) is 6.94. The Morgan fingerprint density at radius 1 is 1.11 bits per heavy atom. The Balaban J connectivity index is 1.73. The molecule has 0 aromatic rings. The Bertz CT molecular complexity index is 306. The average Bonchev–Trinajstić information content (AvgIpc) is 2.91. The maximum atomic E-state index is 6.28. The van der Waals surface area contributed by atoms with Crippen molar-refractivity contribution in [1.29, 1.82) is 0 Å². The number of nitrogens with zero attached hydrogens (tertiary/aromatic N) is 2. The van der Waals surface area contributed by atoms with Gasteiger partial charge in [0.05, 0.1) is 0 Å². The van der Waals surface area contributed by atoms with E-state index in [2.05, 4.69) is 16.7 Å². The summed E-state index contributed by atoms with van der Waals surface area (Å²) in [7, 11) is 0. The van der Waals surface area contributed by atoms with Crippen molar-refractivity contribution in [3.63, 3.8) is 0 Å². The molecule has 2 saturated heterocycles. The smallest absolute Gasteiger partial charge is 0.0360 e. The third-order valence-corrected chi connectivity index (χ3v) is 6.24. The monoisotopic (exact) mass is 265 g/mol. The number of rotatable bonds is 3. The number of hydrogen-bond donors (Lipinski definition) is 1. The first-order valence-electron chi connectivity index (χ1n) is 8.49. The van der Waals surface area contributed by atoms with E-state index >= 15 is 0 Å². The van der Waals surface area contributed by atoms with Crippen molar-refractivity contribution >= 4 is 0 Å². The minimum atomic E-state index is 0.346. The fourth-order valence-corrected chi connectivity index (χ4v) is 5.09. The molecule has 2 heterocycles. The molecule has 2 N–H and O–H groups in total. The summed E-state index contributed by atoms with van der Waals surface area (Å²) in [6.07, 6.45) is 9.70. The van der Waals surface area contributed by atoms with Crippen LogP contribution in [0.15, 0.2) is 0 Å². The first kappa shape index (κ1) is 13.8. The summed E-state index contributed by atoms with van der Waals surface area (Å²) in [5, 5.41) is 0. The highest BCUT2D eigenvalue weighted by Crippen LogP contribution is 2.43. The van der Waals surface area contributed by atoms with Crippen LogP contribution >= 0.6 is 0 Å². The van der Waals surface area contributed by atoms with Gasteiger partial charge in [0.15, 0.2) is 0 Å². The molecule has 3 fully saturated rings. The van der Waals surface area contributed by atoms with Crippen LogP contribution in [0.4, 0.5) is 0 Å². The van der Waals surface area contributed by atoms with E-state index in [0.29, 0.717) is 5.54 Å². The van der Waals surface area contributed by atoms with Crippen molar-refractivity contribution in [1.82, 2.24) is 9.80 Å². The van der Waals surface area contributed by atoms with Gasteiger partial charge in [-0.3, -0.25) is 9.80 Å². The lowest BCUT2D eigenvalue weighted by Gasteiger charge is -2.52. The van der Waals surface area contributed by atoms with Gasteiger partial charge in [0.25, 0.3) is 0 Å². The average molecular weight is 265 g/mol. The Morgan fingerprint density at radius 3 is 2.79 bits per heavy atom. The number of fused-ring (bicyclic) bond motifs is 1. The maximum absolute atomic E-state index is 6.28. The molecule has 110 valence electrons. The van der Waals surface area contributed by atoms with Crippen LogP contribution in [0.3, 0.4) is 0 Å². The molecule has 0 radical (unpaired) electrons. The van der Waals surface area contributed by atoms with Gasteiger partial charge in [-0.15, -0.1) is 0 Å². The van der Waals surface area contributed by atoms with Gasteiger partial charge in [-0.1, -0.05) is 26.2 Å². The summed E-state index contributed by atoms with van der Waals surface area (Å²) < 4.78 is 0. The minimum Gasteiger partial charge on any atom is -0.329 e. The van der Waals surface area contributed by atoms with Crippen molar-refractivity contribution in [2.24, 2.45) is 11.7 Å². The molecule has 3 nitrogen and oxygen atoms in total. The van der Waals surface area contributed by atoms with Crippen molar-refractivity contribution in [2.45, 2.75) is 63.5 Å². The van der Waals surface area contributed by atoms with Gasteiger partial charge >= 0.3 is 0 Å². The van der Waals surface area contributed by atoms with Crippen LogP contribution < -0.4 is 5.73 Å². The van der Waals surface area contributed by atoms with Gasteiger partial charge in [0.1, 0.15) is 0 Å². The first-order chi connectivity index (χ1) is 9.30. The number of nitrogens with two attached hydrogens (primary N) is 1. The topological polar surface area (TPSA) is 32.5 Å². The molecule has 3 unspecified atom stereocenters. The predicted octanol–water partition coefficient (Wildman–Crippen LogP) is 2.06. The van der Waals surface area contributed by atoms with Gasteiger partial charge in [-0.25, -0.2) is 0 Å². The Kier molecular flexibility index (Phi) is 4.16. The molecule has 3 atom stereocenters. The van der Waals surface area contributed by atoms with Gasteiger partial charge in [0.2, 0.25) is 0 Å². The first-order valence-corrected chi connectivity index (χ1v) is 8.49. The molecule has 0 bridgehead atoms. The summed E-state index contributed by atoms with van der Waals surface area (Å²) in [4.78, 5) is 5.54.